The molecule has 0 radical (unpaired) electrons. The predicted octanol–water partition coefficient (Wildman–Crippen LogP) is 2.46. The first-order valence-corrected chi connectivity index (χ1v) is 9.09. The smallest absolute Gasteiger partial charge is 0.410 e. The number of carbonyl (C=O) groups excluding carboxylic acids is 3. The topological polar surface area (TPSA) is 72.9 Å². The van der Waals surface area contributed by atoms with Crippen molar-refractivity contribution >= 4 is 17.7 Å². The molecule has 0 saturated carbocycles. The van der Waals surface area contributed by atoms with E-state index in [1.165, 1.54) is 6.92 Å². The number of fused-ring (bicyclic) bond motifs is 6. The highest BCUT2D eigenvalue weighted by Crippen LogP contribution is 2.29. The summed E-state index contributed by atoms with van der Waals surface area (Å²) >= 11 is 0. The van der Waals surface area contributed by atoms with Crippen LogP contribution in [0.4, 0.5) is 4.79 Å². The third kappa shape index (κ3) is 4.69. The highest BCUT2D eigenvalue weighted by Gasteiger charge is 2.38. The fourth-order valence-electron chi connectivity index (χ4n) is 3.79. The number of carbonyl (C=O) groups is 3. The minimum Gasteiger partial charge on any atom is -0.445 e. The molecule has 3 heterocycles. The number of nitrogens with zero attached hydrogens (tertiary/aromatic N) is 1. The van der Waals surface area contributed by atoms with E-state index in [1.54, 1.807) is 4.90 Å². The van der Waals surface area contributed by atoms with Crippen molar-refractivity contribution < 1.29 is 23.9 Å². The molecule has 3 saturated heterocycles. The van der Waals surface area contributed by atoms with E-state index in [2.05, 4.69) is 0 Å². The van der Waals surface area contributed by atoms with Crippen molar-refractivity contribution in [1.82, 2.24) is 4.90 Å². The van der Waals surface area contributed by atoms with Gasteiger partial charge in [-0.1, -0.05) is 30.3 Å². The molecular weight excluding hydrogens is 334 g/mol. The fraction of sp³-hybridized carbons (Fsp3) is 0.550. The Morgan fingerprint density at radius 3 is 2.69 bits per heavy atom. The second kappa shape index (κ2) is 8.45. The molecule has 3 fully saturated rings. The summed E-state index contributed by atoms with van der Waals surface area (Å²) in [5, 5.41) is 0. The summed E-state index contributed by atoms with van der Waals surface area (Å²) < 4.78 is 11.1. The van der Waals surface area contributed by atoms with Gasteiger partial charge >= 0.3 is 6.09 Å². The Labute approximate surface area is 153 Å². The summed E-state index contributed by atoms with van der Waals surface area (Å²) in [7, 11) is 0. The van der Waals surface area contributed by atoms with E-state index in [0.717, 1.165) is 5.56 Å². The molecule has 1 amide bonds. The van der Waals surface area contributed by atoms with E-state index < -0.39 is 12.0 Å². The zero-order valence-electron chi connectivity index (χ0n) is 15.1. The first kappa shape index (κ1) is 18.6. The van der Waals surface area contributed by atoms with Gasteiger partial charge in [0.05, 0.1) is 19.1 Å². The van der Waals surface area contributed by atoms with Gasteiger partial charge in [-0.2, -0.15) is 0 Å². The van der Waals surface area contributed by atoms with Gasteiger partial charge in [0, 0.05) is 31.3 Å². The summed E-state index contributed by atoms with van der Waals surface area (Å²) in [4.78, 5) is 38.4. The Kier molecular flexibility index (Phi) is 6.04. The monoisotopic (exact) mass is 359 g/mol. The normalized spacial score (nSPS) is 26.0. The SMILES string of the molecule is CC(=O)CC1CC2COCC(CN(C(=O)OCc3ccccc3)C2)C1=O. The Balaban J connectivity index is 1.66. The van der Waals surface area contributed by atoms with Crippen LogP contribution in [0.5, 0.6) is 0 Å². The van der Waals surface area contributed by atoms with Crippen LogP contribution in [0.3, 0.4) is 0 Å². The Morgan fingerprint density at radius 2 is 1.96 bits per heavy atom. The lowest BCUT2D eigenvalue weighted by Gasteiger charge is -2.38. The van der Waals surface area contributed by atoms with Gasteiger partial charge in [-0.15, -0.1) is 0 Å². The maximum Gasteiger partial charge on any atom is 0.410 e. The maximum atomic E-state index is 12.8. The van der Waals surface area contributed by atoms with Gasteiger partial charge in [0.25, 0.3) is 0 Å². The molecule has 6 nitrogen and oxygen atoms in total. The number of benzene rings is 1. The molecule has 3 aliphatic rings. The molecule has 3 aliphatic heterocycles. The van der Waals surface area contributed by atoms with Gasteiger partial charge in [0.1, 0.15) is 18.2 Å². The zero-order chi connectivity index (χ0) is 18.5. The van der Waals surface area contributed by atoms with Crippen LogP contribution in [0.15, 0.2) is 30.3 Å². The lowest BCUT2D eigenvalue weighted by atomic mass is 9.80. The molecule has 1 aromatic carbocycles. The molecule has 2 bridgehead atoms. The van der Waals surface area contributed by atoms with Crippen LogP contribution in [0.25, 0.3) is 0 Å². The third-order valence-corrected chi connectivity index (χ3v) is 5.01. The van der Waals surface area contributed by atoms with Crippen molar-refractivity contribution in [2.45, 2.75) is 26.4 Å². The number of ether oxygens (including phenoxy) is 2. The number of Topliss-reactive ketones (excluding diaryl/α,β-unsaturated/α-hetero) is 2. The van der Waals surface area contributed by atoms with Crippen molar-refractivity contribution in [2.75, 3.05) is 26.3 Å². The van der Waals surface area contributed by atoms with Crippen molar-refractivity contribution in [2.24, 2.45) is 17.8 Å². The van der Waals surface area contributed by atoms with Gasteiger partial charge in [0.2, 0.25) is 0 Å². The van der Waals surface area contributed by atoms with Crippen molar-refractivity contribution in [3.63, 3.8) is 0 Å². The fourth-order valence-corrected chi connectivity index (χ4v) is 3.79. The van der Waals surface area contributed by atoms with Crippen LogP contribution in [0.1, 0.15) is 25.3 Å². The first-order chi connectivity index (χ1) is 12.5. The minimum absolute atomic E-state index is 0.0297. The number of rotatable bonds is 4. The van der Waals surface area contributed by atoms with E-state index in [1.807, 2.05) is 30.3 Å². The van der Waals surface area contributed by atoms with E-state index in [9.17, 15) is 14.4 Å². The molecule has 0 spiro atoms. The summed E-state index contributed by atoms with van der Waals surface area (Å²) in [5.41, 5.74) is 0.925. The average Bonchev–Trinajstić information content (AvgIpc) is 2.59. The molecule has 1 aromatic rings. The predicted molar refractivity (Wildman–Crippen MR) is 94.4 cm³/mol. The molecule has 3 atom stereocenters. The van der Waals surface area contributed by atoms with Crippen LogP contribution in [-0.4, -0.2) is 48.9 Å². The lowest BCUT2D eigenvalue weighted by Crippen LogP contribution is -2.49. The van der Waals surface area contributed by atoms with Crippen LogP contribution >= 0.6 is 0 Å². The number of hydrogen-bond donors (Lipinski definition) is 0. The van der Waals surface area contributed by atoms with Crippen molar-refractivity contribution in [3.8, 4) is 0 Å². The largest absolute Gasteiger partial charge is 0.445 e. The highest BCUT2D eigenvalue weighted by molar-refractivity contribution is 5.89. The molecule has 26 heavy (non-hydrogen) atoms. The molecule has 3 unspecified atom stereocenters. The van der Waals surface area contributed by atoms with Crippen LogP contribution in [0.2, 0.25) is 0 Å². The van der Waals surface area contributed by atoms with E-state index in [0.29, 0.717) is 26.2 Å². The van der Waals surface area contributed by atoms with Gasteiger partial charge in [-0.25, -0.2) is 4.79 Å². The second-order valence-electron chi connectivity index (χ2n) is 7.29. The first-order valence-electron chi connectivity index (χ1n) is 9.09. The Morgan fingerprint density at radius 1 is 1.19 bits per heavy atom. The Hall–Kier alpha value is -2.21. The van der Waals surface area contributed by atoms with E-state index in [-0.39, 0.29) is 43.0 Å². The summed E-state index contributed by atoms with van der Waals surface area (Å²) in [6, 6.07) is 9.51. The summed E-state index contributed by atoms with van der Waals surface area (Å²) in [5.74, 6) is -0.555. The highest BCUT2D eigenvalue weighted by atomic mass is 16.6. The second-order valence-corrected chi connectivity index (χ2v) is 7.29. The van der Waals surface area contributed by atoms with E-state index >= 15 is 0 Å². The molecule has 0 N–H and O–H groups in total. The van der Waals surface area contributed by atoms with Crippen LogP contribution in [-0.2, 0) is 25.7 Å². The Bertz CT molecular complexity index is 659. The van der Waals surface area contributed by atoms with Crippen LogP contribution < -0.4 is 0 Å². The molecule has 0 aromatic heterocycles. The zero-order valence-corrected chi connectivity index (χ0v) is 15.1. The van der Waals surface area contributed by atoms with Crippen molar-refractivity contribution in [1.29, 1.82) is 0 Å². The van der Waals surface area contributed by atoms with Crippen molar-refractivity contribution in [3.05, 3.63) is 35.9 Å². The number of amides is 1. The molecule has 6 heteroatoms. The van der Waals surface area contributed by atoms with Crippen LogP contribution in [0, 0.1) is 17.8 Å². The summed E-state index contributed by atoms with van der Waals surface area (Å²) in [6.07, 6.45) is 0.463. The van der Waals surface area contributed by atoms with Gasteiger partial charge in [0.15, 0.2) is 0 Å². The van der Waals surface area contributed by atoms with E-state index in [4.69, 9.17) is 9.47 Å². The minimum atomic E-state index is -0.399. The van der Waals surface area contributed by atoms with Gasteiger partial charge < -0.3 is 19.2 Å². The lowest BCUT2D eigenvalue weighted by molar-refractivity contribution is -0.137. The third-order valence-electron chi connectivity index (χ3n) is 5.01. The standard InChI is InChI=1S/C20H25NO5/c1-14(22)7-17-8-16-9-21(10-18(19(17)23)13-25-11-16)20(24)26-12-15-5-3-2-4-6-15/h2-6,16-18H,7-13H2,1H3. The molecule has 4 rings (SSSR count). The number of ketones is 2. The summed E-state index contributed by atoms with van der Waals surface area (Å²) in [6.45, 7) is 3.31. The average molecular weight is 359 g/mol. The molecule has 140 valence electrons. The van der Waals surface area contributed by atoms with Gasteiger partial charge in [-0.05, 0) is 18.9 Å². The number of hydrogen-bond acceptors (Lipinski definition) is 5. The quantitative estimate of drug-likeness (QED) is 0.826. The molecular formula is C20H25NO5. The maximum absolute atomic E-state index is 12.8. The van der Waals surface area contributed by atoms with Gasteiger partial charge in [-0.3, -0.25) is 4.79 Å². The molecule has 0 aliphatic carbocycles.